The summed E-state index contributed by atoms with van der Waals surface area (Å²) >= 11 is 6.07. The molecule has 5 nitrogen and oxygen atoms in total. The van der Waals surface area contributed by atoms with Crippen LogP contribution in [0, 0.1) is 5.82 Å². The lowest BCUT2D eigenvalue weighted by Crippen LogP contribution is -2.61. The monoisotopic (exact) mass is 503 g/mol. The first kappa shape index (κ1) is 24.6. The Morgan fingerprint density at radius 3 is 2.39 bits per heavy atom. The second-order valence-electron chi connectivity index (χ2n) is 10.9. The molecule has 0 radical (unpaired) electrons. The number of halogens is 2. The summed E-state index contributed by atoms with van der Waals surface area (Å²) in [6.07, 6.45) is 5.37. The zero-order valence-electron chi connectivity index (χ0n) is 21.3. The van der Waals surface area contributed by atoms with E-state index in [-0.39, 0.29) is 22.1 Å². The Hall–Kier alpha value is -3.09. The van der Waals surface area contributed by atoms with Gasteiger partial charge in [-0.15, -0.1) is 0 Å². The maximum absolute atomic E-state index is 13.8. The third kappa shape index (κ3) is 4.56. The lowest BCUT2D eigenvalue weighted by molar-refractivity contribution is -0.00770. The van der Waals surface area contributed by atoms with Crippen LogP contribution in [0.5, 0.6) is 0 Å². The Morgan fingerprint density at radius 2 is 1.67 bits per heavy atom. The summed E-state index contributed by atoms with van der Waals surface area (Å²) in [5.74, 6) is 0.384. The number of rotatable bonds is 4. The predicted molar refractivity (Wildman–Crippen MR) is 146 cm³/mol. The molecule has 0 unspecified atom stereocenters. The van der Waals surface area contributed by atoms with Gasteiger partial charge in [-0.1, -0.05) is 23.7 Å². The molecule has 0 saturated carbocycles. The van der Waals surface area contributed by atoms with Gasteiger partial charge in [0.25, 0.3) is 0 Å². The van der Waals surface area contributed by atoms with Gasteiger partial charge in [0, 0.05) is 39.8 Å². The van der Waals surface area contributed by atoms with Crippen LogP contribution in [0.25, 0.3) is 33.3 Å². The maximum Gasteiger partial charge on any atom is 0.141 e. The van der Waals surface area contributed by atoms with Crippen LogP contribution in [0.3, 0.4) is 0 Å². The predicted octanol–water partition coefficient (Wildman–Crippen LogP) is 7.21. The number of hydrogen-bond acceptors (Lipinski definition) is 5. The minimum Gasteiger partial charge on any atom is -0.367 e. The fourth-order valence-corrected chi connectivity index (χ4v) is 5.70. The highest BCUT2D eigenvalue weighted by Gasteiger charge is 2.43. The van der Waals surface area contributed by atoms with Crippen molar-refractivity contribution in [1.82, 2.24) is 19.9 Å². The van der Waals surface area contributed by atoms with E-state index in [2.05, 4.69) is 66.0 Å². The molecular weight excluding hydrogens is 473 g/mol. The molecule has 36 heavy (non-hydrogen) atoms. The van der Waals surface area contributed by atoms with E-state index >= 15 is 0 Å². The molecule has 5 rings (SSSR count). The average Bonchev–Trinajstić information content (AvgIpc) is 2.84. The maximum atomic E-state index is 13.8. The number of hydrogen-bond donors (Lipinski definition) is 1. The summed E-state index contributed by atoms with van der Waals surface area (Å²) < 4.78 is 13.8. The summed E-state index contributed by atoms with van der Waals surface area (Å²) in [5.41, 5.74) is 4.41. The largest absolute Gasteiger partial charge is 0.367 e. The Labute approximate surface area is 216 Å². The van der Waals surface area contributed by atoms with Gasteiger partial charge < -0.3 is 5.32 Å². The third-order valence-electron chi connectivity index (χ3n) is 7.60. The second-order valence-corrected chi connectivity index (χ2v) is 11.3. The van der Waals surface area contributed by atoms with Gasteiger partial charge in [0.1, 0.15) is 18.0 Å². The Bertz CT molecular complexity index is 1420. The van der Waals surface area contributed by atoms with Crippen molar-refractivity contribution in [3.8, 4) is 22.4 Å². The van der Waals surface area contributed by atoms with Crippen LogP contribution in [-0.4, -0.2) is 44.0 Å². The standard InChI is InChI=1S/C29H31ClFN5/c1-28(2)15-20(16-29(3,4)36(28)5)35-27-22-13-18(9-11-25(22)33-17-34-27)21-7-6-12-32-26(21)19-8-10-24(31)23(30)14-19/h6-14,17,20H,15-16H2,1-5H3,(H,33,34,35). The molecule has 0 aliphatic carbocycles. The number of aromatic nitrogens is 3. The van der Waals surface area contributed by atoms with Gasteiger partial charge in [0.15, 0.2) is 0 Å². The summed E-state index contributed by atoms with van der Waals surface area (Å²) in [5, 5.41) is 4.77. The fraction of sp³-hybridized carbons (Fsp3) is 0.345. The SMILES string of the molecule is CN1C(C)(C)CC(Nc2ncnc3ccc(-c4cccnc4-c4ccc(F)c(Cl)c4)cc23)CC1(C)C. The van der Waals surface area contributed by atoms with Crippen molar-refractivity contribution in [2.75, 3.05) is 12.4 Å². The molecule has 2 aromatic heterocycles. The number of benzene rings is 2. The van der Waals surface area contributed by atoms with E-state index < -0.39 is 5.82 Å². The highest BCUT2D eigenvalue weighted by Crippen LogP contribution is 2.39. The van der Waals surface area contributed by atoms with Crippen molar-refractivity contribution in [3.05, 3.63) is 71.9 Å². The second kappa shape index (κ2) is 9.09. The third-order valence-corrected chi connectivity index (χ3v) is 7.89. The molecule has 0 spiro atoms. The van der Waals surface area contributed by atoms with Crippen molar-refractivity contribution >= 4 is 28.3 Å². The van der Waals surface area contributed by atoms with Crippen molar-refractivity contribution in [2.24, 2.45) is 0 Å². The highest BCUT2D eigenvalue weighted by molar-refractivity contribution is 6.31. The van der Waals surface area contributed by atoms with E-state index in [1.54, 1.807) is 24.7 Å². The Kier molecular flexibility index (Phi) is 6.21. The molecule has 4 aromatic rings. The summed E-state index contributed by atoms with van der Waals surface area (Å²) in [7, 11) is 2.21. The number of pyridine rings is 1. The molecule has 1 saturated heterocycles. The molecule has 0 atom stereocenters. The Balaban J connectivity index is 1.55. The van der Waals surface area contributed by atoms with Crippen LogP contribution >= 0.6 is 11.6 Å². The van der Waals surface area contributed by atoms with Gasteiger partial charge in [0.05, 0.1) is 16.2 Å². The van der Waals surface area contributed by atoms with Crippen molar-refractivity contribution in [3.63, 3.8) is 0 Å². The van der Waals surface area contributed by atoms with Crippen molar-refractivity contribution < 1.29 is 4.39 Å². The van der Waals surface area contributed by atoms with E-state index in [0.29, 0.717) is 0 Å². The van der Waals surface area contributed by atoms with Crippen molar-refractivity contribution in [2.45, 2.75) is 57.7 Å². The van der Waals surface area contributed by atoms with Gasteiger partial charge in [-0.2, -0.15) is 0 Å². The summed E-state index contributed by atoms with van der Waals surface area (Å²) in [4.78, 5) is 16.2. The fourth-order valence-electron chi connectivity index (χ4n) is 5.52. The quantitative estimate of drug-likeness (QED) is 0.318. The topological polar surface area (TPSA) is 53.9 Å². The number of fused-ring (bicyclic) bond motifs is 1. The molecule has 1 aliphatic rings. The minimum atomic E-state index is -0.447. The average molecular weight is 504 g/mol. The summed E-state index contributed by atoms with van der Waals surface area (Å²) in [6, 6.07) is 15.0. The van der Waals surface area contributed by atoms with Gasteiger partial charge in [-0.25, -0.2) is 14.4 Å². The van der Waals surface area contributed by atoms with Crippen molar-refractivity contribution in [1.29, 1.82) is 0 Å². The molecule has 186 valence electrons. The first-order valence-corrected chi connectivity index (χ1v) is 12.6. The van der Waals surface area contributed by atoms with E-state index in [0.717, 1.165) is 51.9 Å². The van der Waals surface area contributed by atoms with Gasteiger partial charge in [-0.3, -0.25) is 9.88 Å². The molecule has 2 aromatic carbocycles. The smallest absolute Gasteiger partial charge is 0.141 e. The van der Waals surface area contributed by atoms with Crippen LogP contribution in [0.4, 0.5) is 10.2 Å². The number of nitrogens with zero attached hydrogens (tertiary/aromatic N) is 4. The van der Waals surface area contributed by atoms with E-state index in [1.165, 1.54) is 6.07 Å². The van der Waals surface area contributed by atoms with Crippen LogP contribution in [0.1, 0.15) is 40.5 Å². The molecule has 1 aliphatic heterocycles. The van der Waals surface area contributed by atoms with E-state index in [9.17, 15) is 4.39 Å². The first-order valence-electron chi connectivity index (χ1n) is 12.2. The van der Waals surface area contributed by atoms with Gasteiger partial charge >= 0.3 is 0 Å². The van der Waals surface area contributed by atoms with Gasteiger partial charge in [0.2, 0.25) is 0 Å². The molecule has 7 heteroatoms. The van der Waals surface area contributed by atoms with Crippen LogP contribution < -0.4 is 5.32 Å². The normalized spacial score (nSPS) is 17.9. The van der Waals surface area contributed by atoms with Crippen LogP contribution in [-0.2, 0) is 0 Å². The lowest BCUT2D eigenvalue weighted by atomic mass is 9.77. The highest BCUT2D eigenvalue weighted by atomic mass is 35.5. The number of piperidine rings is 1. The number of nitrogens with one attached hydrogen (secondary N) is 1. The zero-order valence-corrected chi connectivity index (χ0v) is 22.1. The lowest BCUT2D eigenvalue weighted by Gasteiger charge is -2.53. The first-order chi connectivity index (χ1) is 17.0. The number of likely N-dealkylation sites (tertiary alicyclic amines) is 1. The van der Waals surface area contributed by atoms with Gasteiger partial charge in [-0.05, 0) is 89.5 Å². The molecule has 3 heterocycles. The van der Waals surface area contributed by atoms with E-state index in [4.69, 9.17) is 11.6 Å². The van der Waals surface area contributed by atoms with Crippen LogP contribution in [0.15, 0.2) is 61.1 Å². The molecule has 1 fully saturated rings. The molecule has 0 bridgehead atoms. The Morgan fingerprint density at radius 1 is 0.944 bits per heavy atom. The number of anilines is 1. The molecular formula is C29H31ClFN5. The summed E-state index contributed by atoms with van der Waals surface area (Å²) in [6.45, 7) is 9.18. The zero-order chi connectivity index (χ0) is 25.7. The minimum absolute atomic E-state index is 0.0639. The van der Waals surface area contributed by atoms with Crippen LogP contribution in [0.2, 0.25) is 5.02 Å². The molecule has 0 amide bonds. The van der Waals surface area contributed by atoms with E-state index in [1.807, 2.05) is 24.3 Å². The molecule has 1 N–H and O–H groups in total.